The summed E-state index contributed by atoms with van der Waals surface area (Å²) in [5.74, 6) is 0.955. The summed E-state index contributed by atoms with van der Waals surface area (Å²) in [6, 6.07) is 2.08. The first kappa shape index (κ1) is 10.3. The topological polar surface area (TPSA) is 43.8 Å². The van der Waals surface area contributed by atoms with Gasteiger partial charge in [-0.15, -0.1) is 11.8 Å². The predicted molar refractivity (Wildman–Crippen MR) is 56.9 cm³/mol. The average Bonchev–Trinajstić information content (AvgIpc) is 2.39. The zero-order chi connectivity index (χ0) is 9.68. The fraction of sp³-hybridized carbons (Fsp3) is 0.444. The van der Waals surface area contributed by atoms with Gasteiger partial charge in [-0.05, 0) is 13.0 Å². The Morgan fingerprint density at radius 2 is 2.38 bits per heavy atom. The lowest BCUT2D eigenvalue weighted by Gasteiger charge is -1.96. The number of hydrogen-bond donors (Lipinski definition) is 1. The van der Waals surface area contributed by atoms with Gasteiger partial charge in [0.15, 0.2) is 0 Å². The Kier molecular flexibility index (Phi) is 4.05. The van der Waals surface area contributed by atoms with Crippen molar-refractivity contribution in [3.8, 4) is 0 Å². The van der Waals surface area contributed by atoms with Crippen LogP contribution in [0.5, 0.6) is 0 Å². The van der Waals surface area contributed by atoms with Crippen molar-refractivity contribution >= 4 is 11.8 Å². The maximum Gasteiger partial charge on any atom is 0.0942 e. The third-order valence-corrected chi connectivity index (χ3v) is 2.63. The average molecular weight is 197 g/mol. The highest BCUT2D eigenvalue weighted by atomic mass is 32.2. The van der Waals surface area contributed by atoms with E-state index in [2.05, 4.69) is 17.2 Å². The van der Waals surface area contributed by atoms with E-state index in [1.807, 2.05) is 24.7 Å². The summed E-state index contributed by atoms with van der Waals surface area (Å²) in [4.78, 5) is 0. The Labute approximate surface area is 83.0 Å². The number of nitrogens with two attached hydrogens (primary N) is 1. The normalized spacial score (nSPS) is 11.3. The molecule has 0 aliphatic heterocycles. The highest BCUT2D eigenvalue weighted by molar-refractivity contribution is 7.99. The van der Waals surface area contributed by atoms with Gasteiger partial charge in [-0.25, -0.2) is 0 Å². The highest BCUT2D eigenvalue weighted by Crippen LogP contribution is 2.17. The smallest absolute Gasteiger partial charge is 0.0942 e. The minimum absolute atomic E-state index is 0.616. The molecule has 1 heterocycles. The fourth-order valence-electron chi connectivity index (χ4n) is 1.02. The molecule has 0 saturated heterocycles. The van der Waals surface area contributed by atoms with E-state index in [0.717, 1.165) is 11.4 Å². The number of hydrogen-bond acceptors (Lipinski definition) is 3. The van der Waals surface area contributed by atoms with Gasteiger partial charge in [0.05, 0.1) is 10.7 Å². The van der Waals surface area contributed by atoms with E-state index in [1.165, 1.54) is 5.03 Å². The lowest BCUT2D eigenvalue weighted by atomic mass is 10.5. The molecule has 1 aromatic rings. The number of aryl methyl sites for hydroxylation is 2. The van der Waals surface area contributed by atoms with Crippen molar-refractivity contribution in [2.75, 3.05) is 12.3 Å². The van der Waals surface area contributed by atoms with Crippen LogP contribution < -0.4 is 5.73 Å². The molecular formula is C9H15N3S. The van der Waals surface area contributed by atoms with E-state index in [4.69, 9.17) is 5.73 Å². The van der Waals surface area contributed by atoms with Crippen molar-refractivity contribution < 1.29 is 0 Å². The summed E-state index contributed by atoms with van der Waals surface area (Å²) in [6.45, 7) is 2.62. The molecule has 0 spiro atoms. The van der Waals surface area contributed by atoms with Crippen molar-refractivity contribution in [1.29, 1.82) is 0 Å². The van der Waals surface area contributed by atoms with Gasteiger partial charge in [-0.3, -0.25) is 4.68 Å². The summed E-state index contributed by atoms with van der Waals surface area (Å²) >= 11 is 1.77. The van der Waals surface area contributed by atoms with E-state index >= 15 is 0 Å². The Morgan fingerprint density at radius 3 is 2.92 bits per heavy atom. The van der Waals surface area contributed by atoms with Gasteiger partial charge >= 0.3 is 0 Å². The van der Waals surface area contributed by atoms with Crippen LogP contribution in [0, 0.1) is 6.92 Å². The molecule has 13 heavy (non-hydrogen) atoms. The molecule has 0 aliphatic rings. The van der Waals surface area contributed by atoms with Gasteiger partial charge in [0.1, 0.15) is 0 Å². The first-order valence-electron chi connectivity index (χ1n) is 4.22. The molecule has 1 aromatic heterocycles. The van der Waals surface area contributed by atoms with Crippen molar-refractivity contribution in [2.24, 2.45) is 12.8 Å². The molecule has 3 nitrogen and oxygen atoms in total. The lowest BCUT2D eigenvalue weighted by molar-refractivity contribution is 0.693. The number of aromatic nitrogens is 2. The number of nitrogens with zero attached hydrogens (tertiary/aromatic N) is 2. The molecular weight excluding hydrogens is 182 g/mol. The first-order chi connectivity index (χ1) is 6.24. The second-order valence-corrected chi connectivity index (χ2v) is 3.81. The van der Waals surface area contributed by atoms with Crippen molar-refractivity contribution in [1.82, 2.24) is 9.78 Å². The number of thioether (sulfide) groups is 1. The molecule has 0 saturated carbocycles. The van der Waals surface area contributed by atoms with Crippen LogP contribution in [0.3, 0.4) is 0 Å². The van der Waals surface area contributed by atoms with Crippen LogP contribution in [0.4, 0.5) is 0 Å². The minimum Gasteiger partial charge on any atom is -0.327 e. The molecule has 0 fully saturated rings. The second-order valence-electron chi connectivity index (χ2n) is 2.77. The maximum atomic E-state index is 5.33. The minimum atomic E-state index is 0.616. The van der Waals surface area contributed by atoms with Gasteiger partial charge in [0, 0.05) is 19.3 Å². The van der Waals surface area contributed by atoms with E-state index in [0.29, 0.717) is 6.54 Å². The van der Waals surface area contributed by atoms with Crippen molar-refractivity contribution in [3.05, 3.63) is 23.9 Å². The zero-order valence-corrected chi connectivity index (χ0v) is 8.84. The van der Waals surface area contributed by atoms with Crippen molar-refractivity contribution in [2.45, 2.75) is 11.9 Å². The Balaban J connectivity index is 2.45. The van der Waals surface area contributed by atoms with Crippen LogP contribution in [0.25, 0.3) is 0 Å². The van der Waals surface area contributed by atoms with Gasteiger partial charge in [-0.2, -0.15) is 5.10 Å². The zero-order valence-electron chi connectivity index (χ0n) is 8.03. The summed E-state index contributed by atoms with van der Waals surface area (Å²) in [6.07, 6.45) is 4.04. The van der Waals surface area contributed by atoms with E-state index in [9.17, 15) is 0 Å². The highest BCUT2D eigenvalue weighted by Gasteiger charge is 1.99. The van der Waals surface area contributed by atoms with Crippen LogP contribution in [0.15, 0.2) is 23.2 Å². The molecule has 0 unspecified atom stereocenters. The molecule has 4 heteroatoms. The molecule has 72 valence electrons. The molecule has 0 radical (unpaired) electrons. The summed E-state index contributed by atoms with van der Waals surface area (Å²) < 4.78 is 1.90. The largest absolute Gasteiger partial charge is 0.327 e. The third-order valence-electron chi connectivity index (χ3n) is 1.59. The molecule has 0 bridgehead atoms. The van der Waals surface area contributed by atoms with Crippen LogP contribution in [0.2, 0.25) is 0 Å². The molecule has 2 N–H and O–H groups in total. The van der Waals surface area contributed by atoms with E-state index in [1.54, 1.807) is 11.8 Å². The maximum absolute atomic E-state index is 5.33. The SMILES string of the molecule is Cc1cc(SCC=CCN)n(C)n1. The molecule has 0 aliphatic carbocycles. The first-order valence-corrected chi connectivity index (χ1v) is 5.21. The predicted octanol–water partition coefficient (Wildman–Crippen LogP) is 1.34. The van der Waals surface area contributed by atoms with Gasteiger partial charge in [0.2, 0.25) is 0 Å². The lowest BCUT2D eigenvalue weighted by Crippen LogP contribution is -1.94. The molecule has 0 atom stereocenters. The van der Waals surface area contributed by atoms with Crippen LogP contribution >= 0.6 is 11.8 Å². The summed E-state index contributed by atoms with van der Waals surface area (Å²) in [7, 11) is 1.96. The molecule has 0 amide bonds. The quantitative estimate of drug-likeness (QED) is 0.585. The van der Waals surface area contributed by atoms with Gasteiger partial charge < -0.3 is 5.73 Å². The van der Waals surface area contributed by atoms with Crippen LogP contribution in [-0.4, -0.2) is 22.1 Å². The van der Waals surface area contributed by atoms with E-state index < -0.39 is 0 Å². The number of rotatable bonds is 4. The van der Waals surface area contributed by atoms with E-state index in [-0.39, 0.29) is 0 Å². The Morgan fingerprint density at radius 1 is 1.62 bits per heavy atom. The van der Waals surface area contributed by atoms with Crippen molar-refractivity contribution in [3.63, 3.8) is 0 Å². The molecule has 1 rings (SSSR count). The standard InChI is InChI=1S/C9H15N3S/c1-8-7-9(12(2)11-8)13-6-4-3-5-10/h3-4,7H,5-6,10H2,1-2H3. The summed E-state index contributed by atoms with van der Waals surface area (Å²) in [5, 5.41) is 5.45. The fourth-order valence-corrected chi connectivity index (χ4v) is 1.90. The van der Waals surface area contributed by atoms with Crippen LogP contribution in [-0.2, 0) is 7.05 Å². The monoisotopic (exact) mass is 197 g/mol. The van der Waals surface area contributed by atoms with Gasteiger partial charge in [0.25, 0.3) is 0 Å². The van der Waals surface area contributed by atoms with Crippen LogP contribution in [0.1, 0.15) is 5.69 Å². The molecule has 0 aromatic carbocycles. The Bertz CT molecular complexity index is 291. The van der Waals surface area contributed by atoms with Gasteiger partial charge in [-0.1, -0.05) is 12.2 Å². The summed E-state index contributed by atoms with van der Waals surface area (Å²) in [5.41, 5.74) is 6.39. The second kappa shape index (κ2) is 5.09. The Hall–Kier alpha value is -0.740. The third kappa shape index (κ3) is 3.24.